The lowest BCUT2D eigenvalue weighted by Crippen LogP contribution is -2.24. The van der Waals surface area contributed by atoms with Gasteiger partial charge in [-0.25, -0.2) is 0 Å². The Morgan fingerprint density at radius 1 is 1.33 bits per heavy atom. The predicted octanol–water partition coefficient (Wildman–Crippen LogP) is 3.73. The van der Waals surface area contributed by atoms with Gasteiger partial charge in [0.05, 0.1) is 6.61 Å². The normalized spacial score (nSPS) is 21.8. The number of benzene rings is 1. The molecular weight excluding hydrogens is 260 g/mol. The fourth-order valence-electron chi connectivity index (χ4n) is 3.02. The number of nitrogens with zero attached hydrogens (tertiary/aromatic N) is 1. The molecular formula is C18H30N2O. The molecule has 1 aliphatic heterocycles. The van der Waals surface area contributed by atoms with Crippen LogP contribution in [0.2, 0.25) is 0 Å². The number of hydrogen-bond donors (Lipinski definition) is 1. The second kappa shape index (κ2) is 7.81. The number of likely N-dealkylation sites (tertiary alicyclic amines) is 1. The molecule has 2 N–H and O–H groups in total. The van der Waals surface area contributed by atoms with Crippen LogP contribution in [0.1, 0.15) is 57.2 Å². The van der Waals surface area contributed by atoms with Crippen LogP contribution in [0.15, 0.2) is 18.2 Å². The van der Waals surface area contributed by atoms with Crippen LogP contribution in [0.25, 0.3) is 0 Å². The van der Waals surface area contributed by atoms with E-state index in [-0.39, 0.29) is 6.04 Å². The molecule has 0 amide bonds. The lowest BCUT2D eigenvalue weighted by Gasteiger charge is -2.22. The Hall–Kier alpha value is -1.06. The van der Waals surface area contributed by atoms with E-state index in [1.54, 1.807) is 0 Å². The number of rotatable bonds is 5. The van der Waals surface area contributed by atoms with Gasteiger partial charge in [0.1, 0.15) is 5.75 Å². The number of ether oxygens (including phenoxy) is 1. The van der Waals surface area contributed by atoms with E-state index in [4.69, 9.17) is 10.5 Å². The smallest absolute Gasteiger partial charge is 0.123 e. The molecule has 1 aromatic rings. The van der Waals surface area contributed by atoms with E-state index >= 15 is 0 Å². The van der Waals surface area contributed by atoms with E-state index in [1.807, 2.05) is 13.8 Å². The Balaban J connectivity index is 2.13. The molecule has 0 radical (unpaired) electrons. The number of hydrogen-bond acceptors (Lipinski definition) is 3. The Kier molecular flexibility index (Phi) is 6.07. The average molecular weight is 290 g/mol. The van der Waals surface area contributed by atoms with Crippen molar-refractivity contribution in [2.75, 3.05) is 19.7 Å². The largest absolute Gasteiger partial charge is 0.494 e. The summed E-state index contributed by atoms with van der Waals surface area (Å²) < 4.78 is 5.80. The van der Waals surface area contributed by atoms with E-state index in [9.17, 15) is 0 Å². The van der Waals surface area contributed by atoms with Crippen LogP contribution in [0.4, 0.5) is 0 Å². The standard InChI is InChI=1S/C18H30N2O/c1-4-21-18-8-7-16(15(3)19)12-17(18)13-20-10-5-6-14(2)9-11-20/h7-8,12,14-15H,4-6,9-11,13,19H2,1-3H3. The first-order valence-electron chi connectivity index (χ1n) is 8.33. The van der Waals surface area contributed by atoms with Crippen LogP contribution in [0.3, 0.4) is 0 Å². The summed E-state index contributed by atoms with van der Waals surface area (Å²) in [6, 6.07) is 6.47. The highest BCUT2D eigenvalue weighted by atomic mass is 16.5. The summed E-state index contributed by atoms with van der Waals surface area (Å²) in [6.07, 6.45) is 3.96. The number of nitrogens with two attached hydrogens (primary N) is 1. The zero-order chi connectivity index (χ0) is 15.2. The van der Waals surface area contributed by atoms with Gasteiger partial charge in [0, 0.05) is 18.2 Å². The third kappa shape index (κ3) is 4.72. The van der Waals surface area contributed by atoms with Gasteiger partial charge in [-0.05, 0) is 69.8 Å². The highest BCUT2D eigenvalue weighted by Gasteiger charge is 2.16. The van der Waals surface area contributed by atoms with Crippen molar-refractivity contribution in [1.29, 1.82) is 0 Å². The predicted molar refractivity (Wildman–Crippen MR) is 88.5 cm³/mol. The van der Waals surface area contributed by atoms with Gasteiger partial charge in [0.2, 0.25) is 0 Å². The van der Waals surface area contributed by atoms with Gasteiger partial charge in [-0.3, -0.25) is 4.90 Å². The summed E-state index contributed by atoms with van der Waals surface area (Å²) >= 11 is 0. The van der Waals surface area contributed by atoms with Crippen molar-refractivity contribution < 1.29 is 4.74 Å². The zero-order valence-electron chi connectivity index (χ0n) is 13.8. The van der Waals surface area contributed by atoms with Crippen molar-refractivity contribution in [3.63, 3.8) is 0 Å². The molecule has 1 aliphatic rings. The van der Waals surface area contributed by atoms with E-state index < -0.39 is 0 Å². The molecule has 2 atom stereocenters. The van der Waals surface area contributed by atoms with Gasteiger partial charge in [-0.15, -0.1) is 0 Å². The summed E-state index contributed by atoms with van der Waals surface area (Å²) in [6.45, 7) is 10.5. The van der Waals surface area contributed by atoms with Crippen LogP contribution in [0.5, 0.6) is 5.75 Å². The molecule has 3 heteroatoms. The molecule has 1 fully saturated rings. The lowest BCUT2D eigenvalue weighted by atomic mass is 10.0. The molecule has 118 valence electrons. The quantitative estimate of drug-likeness (QED) is 0.898. The van der Waals surface area contributed by atoms with E-state index in [0.29, 0.717) is 6.61 Å². The van der Waals surface area contributed by atoms with Crippen LogP contribution in [-0.4, -0.2) is 24.6 Å². The molecule has 1 aromatic carbocycles. The first kappa shape index (κ1) is 16.3. The fraction of sp³-hybridized carbons (Fsp3) is 0.667. The Labute approximate surface area is 129 Å². The maximum Gasteiger partial charge on any atom is 0.123 e. The maximum atomic E-state index is 6.03. The van der Waals surface area contributed by atoms with Crippen LogP contribution < -0.4 is 10.5 Å². The molecule has 1 heterocycles. The van der Waals surface area contributed by atoms with Crippen molar-refractivity contribution >= 4 is 0 Å². The first-order chi connectivity index (χ1) is 10.1. The summed E-state index contributed by atoms with van der Waals surface area (Å²) in [7, 11) is 0. The topological polar surface area (TPSA) is 38.5 Å². The second-order valence-corrected chi connectivity index (χ2v) is 6.40. The van der Waals surface area contributed by atoms with Gasteiger partial charge in [-0.2, -0.15) is 0 Å². The molecule has 3 nitrogen and oxygen atoms in total. The minimum Gasteiger partial charge on any atom is -0.494 e. The first-order valence-corrected chi connectivity index (χ1v) is 8.33. The van der Waals surface area contributed by atoms with Crippen molar-refractivity contribution in [2.24, 2.45) is 11.7 Å². The molecule has 1 saturated heterocycles. The Morgan fingerprint density at radius 2 is 2.14 bits per heavy atom. The molecule has 0 spiro atoms. The van der Waals surface area contributed by atoms with Crippen LogP contribution in [-0.2, 0) is 6.54 Å². The van der Waals surface area contributed by atoms with Gasteiger partial charge >= 0.3 is 0 Å². The van der Waals surface area contributed by atoms with E-state index in [2.05, 4.69) is 30.0 Å². The highest BCUT2D eigenvalue weighted by Crippen LogP contribution is 2.26. The monoisotopic (exact) mass is 290 g/mol. The summed E-state index contributed by atoms with van der Waals surface area (Å²) in [5.41, 5.74) is 8.50. The van der Waals surface area contributed by atoms with Crippen molar-refractivity contribution in [3.05, 3.63) is 29.3 Å². The molecule has 21 heavy (non-hydrogen) atoms. The summed E-state index contributed by atoms with van der Waals surface area (Å²) in [4.78, 5) is 2.56. The van der Waals surface area contributed by atoms with Crippen molar-refractivity contribution in [1.82, 2.24) is 4.90 Å². The van der Waals surface area contributed by atoms with Crippen molar-refractivity contribution in [3.8, 4) is 5.75 Å². The van der Waals surface area contributed by atoms with Crippen LogP contribution in [0, 0.1) is 5.92 Å². The third-order valence-electron chi connectivity index (χ3n) is 4.41. The SMILES string of the molecule is CCOc1ccc(C(C)N)cc1CN1CCCC(C)CC1. The minimum atomic E-state index is 0.0728. The van der Waals surface area contributed by atoms with Gasteiger partial charge < -0.3 is 10.5 Å². The molecule has 0 bridgehead atoms. The highest BCUT2D eigenvalue weighted by molar-refractivity contribution is 5.38. The average Bonchev–Trinajstić information content (AvgIpc) is 2.66. The van der Waals surface area contributed by atoms with Gasteiger partial charge in [0.25, 0.3) is 0 Å². The summed E-state index contributed by atoms with van der Waals surface area (Å²) in [5, 5.41) is 0. The van der Waals surface area contributed by atoms with Crippen molar-refractivity contribution in [2.45, 2.75) is 52.6 Å². The minimum absolute atomic E-state index is 0.0728. The fourth-order valence-corrected chi connectivity index (χ4v) is 3.02. The molecule has 2 unspecified atom stereocenters. The lowest BCUT2D eigenvalue weighted by molar-refractivity contribution is 0.264. The summed E-state index contributed by atoms with van der Waals surface area (Å²) in [5.74, 6) is 1.87. The van der Waals surface area contributed by atoms with E-state index in [0.717, 1.165) is 18.2 Å². The molecule has 0 saturated carbocycles. The molecule has 0 aliphatic carbocycles. The van der Waals surface area contributed by atoms with Crippen LogP contribution >= 0.6 is 0 Å². The Morgan fingerprint density at radius 3 is 2.86 bits per heavy atom. The van der Waals surface area contributed by atoms with Gasteiger partial charge in [0.15, 0.2) is 0 Å². The maximum absolute atomic E-state index is 6.03. The third-order valence-corrected chi connectivity index (χ3v) is 4.41. The van der Waals surface area contributed by atoms with Gasteiger partial charge in [-0.1, -0.05) is 13.0 Å². The molecule has 0 aromatic heterocycles. The van der Waals surface area contributed by atoms with E-state index in [1.165, 1.54) is 43.5 Å². The molecule has 2 rings (SSSR count). The Bertz CT molecular complexity index is 445. The second-order valence-electron chi connectivity index (χ2n) is 6.40. The zero-order valence-corrected chi connectivity index (χ0v) is 13.8.